The Morgan fingerprint density at radius 3 is 2.72 bits per heavy atom. The minimum atomic E-state index is -0.836. The second-order valence-electron chi connectivity index (χ2n) is 8.27. The lowest BCUT2D eigenvalue weighted by Crippen LogP contribution is -2.57. The number of nitrogens with one attached hydrogen (secondary N) is 1. The summed E-state index contributed by atoms with van der Waals surface area (Å²) in [4.78, 5) is 4.96. The maximum atomic E-state index is 10.6. The number of phenols is 2. The fourth-order valence-corrected chi connectivity index (χ4v) is 5.12. The highest BCUT2D eigenvalue weighted by Crippen LogP contribution is 2.53. The number of hydrogen-bond acceptors (Lipinski definition) is 6. The first-order valence-electron chi connectivity index (χ1n) is 9.73. The SMILES string of the molecule is C=CCSC1=N[C@]2(C[C@@H](c3ccccc3)c3ccc(O)c(O)c3O2)CC(C)(C)N1. The molecule has 0 bridgehead atoms. The molecule has 2 atom stereocenters. The standard InChI is InChI=1S/C23H26N2O3S/c1-4-12-29-21-24-22(2,3)14-23(25-21)13-17(15-8-6-5-7-9-15)16-10-11-18(26)19(27)20(16)28-23/h4-11,17,26-27H,1,12-14H2,2-3H3,(H,24,25)/t17-,23-/m0/s1. The predicted octanol–water partition coefficient (Wildman–Crippen LogP) is 4.76. The van der Waals surface area contributed by atoms with Crippen molar-refractivity contribution in [1.82, 2.24) is 5.32 Å². The number of phenolic OH excluding ortho intramolecular Hbond substituents is 2. The van der Waals surface area contributed by atoms with E-state index < -0.39 is 5.72 Å². The number of rotatable bonds is 3. The lowest BCUT2D eigenvalue weighted by Gasteiger charge is -2.47. The van der Waals surface area contributed by atoms with Crippen molar-refractivity contribution in [3.63, 3.8) is 0 Å². The molecular weight excluding hydrogens is 384 g/mol. The Balaban J connectivity index is 1.85. The Morgan fingerprint density at radius 1 is 1.24 bits per heavy atom. The summed E-state index contributed by atoms with van der Waals surface area (Å²) in [5.74, 6) is 0.637. The Morgan fingerprint density at radius 2 is 2.00 bits per heavy atom. The third-order valence-corrected chi connectivity index (χ3v) is 6.21. The van der Waals surface area contributed by atoms with E-state index in [9.17, 15) is 10.2 Å². The van der Waals surface area contributed by atoms with Gasteiger partial charge in [-0.3, -0.25) is 0 Å². The van der Waals surface area contributed by atoms with Gasteiger partial charge in [-0.05, 0) is 25.5 Å². The zero-order valence-corrected chi connectivity index (χ0v) is 17.5. The quantitative estimate of drug-likeness (QED) is 0.503. The van der Waals surface area contributed by atoms with Gasteiger partial charge < -0.3 is 20.3 Å². The highest BCUT2D eigenvalue weighted by molar-refractivity contribution is 8.13. The Hall–Kier alpha value is -2.60. The van der Waals surface area contributed by atoms with E-state index in [2.05, 4.69) is 37.9 Å². The predicted molar refractivity (Wildman–Crippen MR) is 118 cm³/mol. The number of amidine groups is 1. The monoisotopic (exact) mass is 410 g/mol. The molecule has 0 saturated heterocycles. The highest BCUT2D eigenvalue weighted by Gasteiger charge is 2.49. The third kappa shape index (κ3) is 3.81. The van der Waals surface area contributed by atoms with E-state index >= 15 is 0 Å². The molecule has 3 N–H and O–H groups in total. The van der Waals surface area contributed by atoms with Gasteiger partial charge in [0.05, 0.1) is 0 Å². The van der Waals surface area contributed by atoms with Gasteiger partial charge in [-0.1, -0.05) is 54.2 Å². The van der Waals surface area contributed by atoms with Crippen molar-refractivity contribution in [3.05, 3.63) is 66.2 Å². The van der Waals surface area contributed by atoms with Crippen molar-refractivity contribution in [2.75, 3.05) is 5.75 Å². The van der Waals surface area contributed by atoms with Gasteiger partial charge in [-0.2, -0.15) is 0 Å². The topological polar surface area (TPSA) is 74.1 Å². The Labute approximate surface area is 175 Å². The van der Waals surface area contributed by atoms with Crippen LogP contribution in [-0.2, 0) is 0 Å². The van der Waals surface area contributed by atoms with Gasteiger partial charge in [0.2, 0.25) is 11.5 Å². The van der Waals surface area contributed by atoms with Crippen LogP contribution < -0.4 is 10.1 Å². The van der Waals surface area contributed by atoms with Crippen LogP contribution in [-0.4, -0.2) is 32.4 Å². The molecule has 0 radical (unpaired) electrons. The number of thioether (sulfide) groups is 1. The van der Waals surface area contributed by atoms with Gasteiger partial charge in [-0.25, -0.2) is 4.99 Å². The van der Waals surface area contributed by atoms with Crippen LogP contribution in [0.5, 0.6) is 17.2 Å². The fourth-order valence-electron chi connectivity index (χ4n) is 4.26. The van der Waals surface area contributed by atoms with E-state index in [-0.39, 0.29) is 23.0 Å². The number of benzene rings is 2. The fraction of sp³-hybridized carbons (Fsp3) is 0.348. The molecule has 0 saturated carbocycles. The summed E-state index contributed by atoms with van der Waals surface area (Å²) >= 11 is 1.58. The molecule has 2 aromatic carbocycles. The zero-order valence-electron chi connectivity index (χ0n) is 16.7. The number of fused-ring (bicyclic) bond motifs is 1. The van der Waals surface area contributed by atoms with Gasteiger partial charge in [0.1, 0.15) is 0 Å². The van der Waals surface area contributed by atoms with Crippen molar-refractivity contribution in [3.8, 4) is 17.2 Å². The largest absolute Gasteiger partial charge is 0.504 e. The number of aliphatic imine (C=N–C) groups is 1. The van der Waals surface area contributed by atoms with Gasteiger partial charge >= 0.3 is 0 Å². The second kappa shape index (κ2) is 7.34. The minimum absolute atomic E-state index is 0.00486. The van der Waals surface area contributed by atoms with Gasteiger partial charge in [0.25, 0.3) is 0 Å². The maximum absolute atomic E-state index is 10.6. The van der Waals surface area contributed by atoms with Gasteiger partial charge in [0.15, 0.2) is 16.7 Å². The summed E-state index contributed by atoms with van der Waals surface area (Å²) in [5.41, 5.74) is 0.922. The molecule has 6 heteroatoms. The van der Waals surface area contributed by atoms with Crippen molar-refractivity contribution in [2.45, 2.75) is 43.9 Å². The van der Waals surface area contributed by atoms with Crippen LogP contribution >= 0.6 is 11.8 Å². The normalized spacial score (nSPS) is 24.8. The molecule has 0 aromatic heterocycles. The molecule has 0 amide bonds. The lowest BCUT2D eigenvalue weighted by atomic mass is 9.77. The summed E-state index contributed by atoms with van der Waals surface area (Å²) < 4.78 is 6.39. The molecule has 0 fully saturated rings. The van der Waals surface area contributed by atoms with E-state index in [0.717, 1.165) is 22.0 Å². The van der Waals surface area contributed by atoms with E-state index in [1.165, 1.54) is 6.07 Å². The van der Waals surface area contributed by atoms with E-state index in [1.807, 2.05) is 30.3 Å². The van der Waals surface area contributed by atoms with Crippen LogP contribution in [0.15, 0.2) is 60.1 Å². The van der Waals surface area contributed by atoms with E-state index in [1.54, 1.807) is 11.8 Å². The lowest BCUT2D eigenvalue weighted by molar-refractivity contribution is 0.0108. The summed E-state index contributed by atoms with van der Waals surface area (Å²) in [6.45, 7) is 8.04. The molecule has 2 aromatic rings. The molecule has 152 valence electrons. The molecule has 2 aliphatic heterocycles. The van der Waals surface area contributed by atoms with Crippen LogP contribution in [0.2, 0.25) is 0 Å². The third-order valence-electron chi connectivity index (χ3n) is 5.34. The molecule has 0 aliphatic carbocycles. The molecule has 2 aliphatic rings. The van der Waals surface area contributed by atoms with Gasteiger partial charge in [0, 0.05) is 35.6 Å². The van der Waals surface area contributed by atoms with Crippen LogP contribution in [0.1, 0.15) is 43.7 Å². The highest BCUT2D eigenvalue weighted by atomic mass is 32.2. The van der Waals surface area contributed by atoms with Crippen molar-refractivity contribution in [2.24, 2.45) is 4.99 Å². The van der Waals surface area contributed by atoms with Crippen molar-refractivity contribution < 1.29 is 14.9 Å². The smallest absolute Gasteiger partial charge is 0.206 e. The molecule has 5 nitrogen and oxygen atoms in total. The first-order valence-corrected chi connectivity index (χ1v) is 10.7. The molecular formula is C23H26N2O3S. The van der Waals surface area contributed by atoms with Crippen LogP contribution in [0.25, 0.3) is 0 Å². The van der Waals surface area contributed by atoms with Crippen LogP contribution in [0.4, 0.5) is 0 Å². The average molecular weight is 411 g/mol. The van der Waals surface area contributed by atoms with Crippen molar-refractivity contribution >= 4 is 16.9 Å². The number of hydrogen-bond donors (Lipinski definition) is 3. The van der Waals surface area contributed by atoms with E-state index in [4.69, 9.17) is 9.73 Å². The van der Waals surface area contributed by atoms with Crippen LogP contribution in [0, 0.1) is 0 Å². The van der Waals surface area contributed by atoms with E-state index in [0.29, 0.717) is 18.6 Å². The summed E-state index contributed by atoms with van der Waals surface area (Å²) in [5, 5.41) is 25.0. The molecule has 1 spiro atoms. The second-order valence-corrected chi connectivity index (χ2v) is 9.28. The van der Waals surface area contributed by atoms with Gasteiger partial charge in [-0.15, -0.1) is 6.58 Å². The molecule has 2 heterocycles. The van der Waals surface area contributed by atoms with Crippen LogP contribution in [0.3, 0.4) is 0 Å². The minimum Gasteiger partial charge on any atom is -0.504 e. The summed E-state index contributed by atoms with van der Waals surface area (Å²) in [6, 6.07) is 13.5. The zero-order chi connectivity index (χ0) is 20.6. The summed E-state index contributed by atoms with van der Waals surface area (Å²) in [7, 11) is 0. The first kappa shape index (κ1) is 19.7. The molecule has 29 heavy (non-hydrogen) atoms. The average Bonchev–Trinajstić information content (AvgIpc) is 2.68. The summed E-state index contributed by atoms with van der Waals surface area (Å²) in [6.07, 6.45) is 3.13. The number of ether oxygens (including phenoxy) is 1. The number of nitrogens with zero attached hydrogens (tertiary/aromatic N) is 1. The molecule has 0 unspecified atom stereocenters. The Bertz CT molecular complexity index is 958. The Kier molecular flexibility index (Phi) is 4.99. The van der Waals surface area contributed by atoms with Crippen molar-refractivity contribution in [1.29, 1.82) is 0 Å². The molecule has 4 rings (SSSR count). The first-order chi connectivity index (χ1) is 13.8. The maximum Gasteiger partial charge on any atom is 0.206 e. The number of aromatic hydroxyl groups is 2.